The van der Waals surface area contributed by atoms with Gasteiger partial charge >= 0.3 is 5.97 Å². The highest BCUT2D eigenvalue weighted by Gasteiger charge is 2.39. The summed E-state index contributed by atoms with van der Waals surface area (Å²) < 4.78 is 16.1. The molecule has 2 aliphatic rings. The number of nitrogens with zero attached hydrogens (tertiary/aromatic N) is 1. The molecule has 0 N–H and O–H groups in total. The number of fused-ring (bicyclic) bond motifs is 2. The van der Waals surface area contributed by atoms with Gasteiger partial charge in [-0.3, -0.25) is 0 Å². The molecule has 0 spiro atoms. The van der Waals surface area contributed by atoms with Gasteiger partial charge in [0, 0.05) is 24.9 Å². The third-order valence-corrected chi connectivity index (χ3v) is 4.95. The Morgan fingerprint density at radius 1 is 1.09 bits per heavy atom. The molecule has 2 saturated heterocycles. The monoisotopic (exact) mass is 340 g/mol. The molecule has 2 bridgehead atoms. The van der Waals surface area contributed by atoms with Crippen LogP contribution in [0.15, 0.2) is 18.2 Å². The fourth-order valence-electron chi connectivity index (χ4n) is 3.64. The molecule has 2 heterocycles. The molecule has 1 aromatic carbocycles. The number of esters is 1. The average molecular weight is 341 g/mol. The maximum atomic E-state index is 12.4. The second-order valence-corrected chi connectivity index (χ2v) is 6.12. The number of carbonyl (C=O) groups is 1. The Kier molecular flexibility index (Phi) is 5.76. The molecule has 2 aliphatic heterocycles. The molecule has 6 heteroatoms. The molecule has 3 rings (SSSR count). The lowest BCUT2D eigenvalue weighted by Crippen LogP contribution is -3.00. The predicted molar refractivity (Wildman–Crippen MR) is 82.6 cm³/mol. The van der Waals surface area contributed by atoms with Crippen LogP contribution in [0, 0.1) is 0 Å². The van der Waals surface area contributed by atoms with Crippen LogP contribution in [0.2, 0.25) is 0 Å². The topological polar surface area (TPSA) is 48.0 Å². The minimum atomic E-state index is -0.282. The van der Waals surface area contributed by atoms with Crippen molar-refractivity contribution in [2.75, 3.05) is 21.3 Å². The first-order chi connectivity index (χ1) is 10.6. The van der Waals surface area contributed by atoms with E-state index >= 15 is 0 Å². The fraction of sp³-hybridized carbons (Fsp3) is 0.588. The molecule has 2 unspecified atom stereocenters. The molecule has 23 heavy (non-hydrogen) atoms. The van der Waals surface area contributed by atoms with Crippen LogP contribution < -0.4 is 21.9 Å². The zero-order valence-corrected chi connectivity index (χ0v) is 14.5. The van der Waals surface area contributed by atoms with Crippen LogP contribution in [0.4, 0.5) is 0 Å². The smallest absolute Gasteiger partial charge is 0.338 e. The minimum Gasteiger partial charge on any atom is -1.00 e. The molecule has 5 nitrogen and oxygen atoms in total. The van der Waals surface area contributed by atoms with Crippen LogP contribution in [-0.4, -0.2) is 50.3 Å². The standard InChI is InChI=1S/C17H23NO4.ClH/c1-18-12-5-6-13(18)10-14(9-12)22-17(19)11-4-7-15(20-2)16(8-11)21-3;/h4,7-8,12-14H,5-6,9-10H2,1-3H3;1H/p-1. The third kappa shape index (κ3) is 3.56. The van der Waals surface area contributed by atoms with Crippen molar-refractivity contribution in [3.05, 3.63) is 23.8 Å². The van der Waals surface area contributed by atoms with Gasteiger partial charge < -0.3 is 31.5 Å². The van der Waals surface area contributed by atoms with E-state index in [-0.39, 0.29) is 24.5 Å². The number of benzene rings is 1. The summed E-state index contributed by atoms with van der Waals surface area (Å²) in [7, 11) is 5.31. The molecule has 128 valence electrons. The highest BCUT2D eigenvalue weighted by Crippen LogP contribution is 2.36. The van der Waals surface area contributed by atoms with E-state index in [0.717, 1.165) is 12.8 Å². The zero-order valence-electron chi connectivity index (χ0n) is 13.8. The summed E-state index contributed by atoms with van der Waals surface area (Å²) in [6.07, 6.45) is 4.32. The van der Waals surface area contributed by atoms with Crippen LogP contribution in [0.1, 0.15) is 36.0 Å². The van der Waals surface area contributed by atoms with Gasteiger partial charge in [0.05, 0.1) is 19.8 Å². The van der Waals surface area contributed by atoms with E-state index in [0.29, 0.717) is 29.1 Å². The average Bonchev–Trinajstić information content (AvgIpc) is 2.76. The maximum absolute atomic E-state index is 12.4. The van der Waals surface area contributed by atoms with Gasteiger partial charge in [-0.25, -0.2) is 4.79 Å². The Morgan fingerprint density at radius 3 is 2.26 bits per heavy atom. The van der Waals surface area contributed by atoms with Crippen LogP contribution in [0.3, 0.4) is 0 Å². The number of halogens is 1. The highest BCUT2D eigenvalue weighted by molar-refractivity contribution is 5.90. The van der Waals surface area contributed by atoms with Gasteiger partial charge in [-0.1, -0.05) is 0 Å². The summed E-state index contributed by atoms with van der Waals surface area (Å²) >= 11 is 0. The molecular weight excluding hydrogens is 318 g/mol. The van der Waals surface area contributed by atoms with E-state index < -0.39 is 0 Å². The highest BCUT2D eigenvalue weighted by atomic mass is 35.5. The van der Waals surface area contributed by atoms with Gasteiger partial charge in [0.15, 0.2) is 11.5 Å². The van der Waals surface area contributed by atoms with Crippen LogP contribution in [-0.2, 0) is 4.74 Å². The predicted octanol–water partition coefficient (Wildman–Crippen LogP) is -0.510. The van der Waals surface area contributed by atoms with Gasteiger partial charge in [0.25, 0.3) is 0 Å². The molecule has 2 fully saturated rings. The quantitative estimate of drug-likeness (QED) is 0.691. The second-order valence-electron chi connectivity index (χ2n) is 6.12. The van der Waals surface area contributed by atoms with E-state index in [1.54, 1.807) is 32.4 Å². The molecule has 0 aliphatic carbocycles. The van der Waals surface area contributed by atoms with Crippen LogP contribution in [0.25, 0.3) is 0 Å². The first-order valence-electron chi connectivity index (χ1n) is 7.77. The Hall–Kier alpha value is -1.46. The first kappa shape index (κ1) is 17.9. The molecule has 0 aromatic heterocycles. The SMILES string of the molecule is COc1ccc(C(=O)OC2CC3CCC(C2)N3C)cc1OC.[Cl-]. The van der Waals surface area contributed by atoms with Crippen molar-refractivity contribution in [2.24, 2.45) is 0 Å². The Morgan fingerprint density at radius 2 is 1.70 bits per heavy atom. The van der Waals surface area contributed by atoms with Crippen LogP contribution in [0.5, 0.6) is 11.5 Å². The van der Waals surface area contributed by atoms with Crippen molar-refractivity contribution in [3.8, 4) is 11.5 Å². The Labute approximate surface area is 143 Å². The van der Waals surface area contributed by atoms with E-state index in [9.17, 15) is 4.79 Å². The summed E-state index contributed by atoms with van der Waals surface area (Å²) in [5.41, 5.74) is 0.504. The number of ether oxygens (including phenoxy) is 3. The largest absolute Gasteiger partial charge is 1.00 e. The van der Waals surface area contributed by atoms with Gasteiger partial charge in [-0.05, 0) is 38.1 Å². The lowest BCUT2D eigenvalue weighted by atomic mass is 10.0. The lowest BCUT2D eigenvalue weighted by Gasteiger charge is -2.35. The minimum absolute atomic E-state index is 0. The molecule has 0 amide bonds. The van der Waals surface area contributed by atoms with Crippen molar-refractivity contribution in [3.63, 3.8) is 0 Å². The normalized spacial score (nSPS) is 26.3. The molecule has 2 atom stereocenters. The Balaban J connectivity index is 0.00000192. The third-order valence-electron chi connectivity index (χ3n) is 4.95. The van der Waals surface area contributed by atoms with Crippen molar-refractivity contribution < 1.29 is 31.4 Å². The lowest BCUT2D eigenvalue weighted by molar-refractivity contribution is -0.00119. The summed E-state index contributed by atoms with van der Waals surface area (Å²) in [5, 5.41) is 0. The summed E-state index contributed by atoms with van der Waals surface area (Å²) in [4.78, 5) is 14.8. The number of hydrogen-bond acceptors (Lipinski definition) is 5. The number of carbonyl (C=O) groups excluding carboxylic acids is 1. The number of piperidine rings is 1. The van der Waals surface area contributed by atoms with Gasteiger partial charge in [0.1, 0.15) is 6.10 Å². The zero-order chi connectivity index (χ0) is 15.7. The van der Waals surface area contributed by atoms with Crippen molar-refractivity contribution >= 4 is 5.97 Å². The van der Waals surface area contributed by atoms with Crippen molar-refractivity contribution in [1.29, 1.82) is 0 Å². The number of rotatable bonds is 4. The van der Waals surface area contributed by atoms with E-state index in [2.05, 4.69) is 11.9 Å². The van der Waals surface area contributed by atoms with Crippen LogP contribution >= 0.6 is 0 Å². The van der Waals surface area contributed by atoms with Gasteiger partial charge in [0.2, 0.25) is 0 Å². The van der Waals surface area contributed by atoms with E-state index in [1.807, 2.05) is 0 Å². The molecular formula is C17H23ClNO4-. The molecule has 1 aromatic rings. The summed E-state index contributed by atoms with van der Waals surface area (Å²) in [6.45, 7) is 0. The first-order valence-corrected chi connectivity index (χ1v) is 7.77. The number of hydrogen-bond donors (Lipinski definition) is 0. The summed E-state index contributed by atoms with van der Waals surface area (Å²) in [6, 6.07) is 6.23. The van der Waals surface area contributed by atoms with E-state index in [1.165, 1.54) is 12.8 Å². The van der Waals surface area contributed by atoms with Gasteiger partial charge in [-0.2, -0.15) is 0 Å². The molecule has 0 radical (unpaired) electrons. The Bertz CT molecular complexity index is 552. The molecule has 0 saturated carbocycles. The maximum Gasteiger partial charge on any atom is 0.338 e. The van der Waals surface area contributed by atoms with Gasteiger partial charge in [-0.15, -0.1) is 0 Å². The van der Waals surface area contributed by atoms with Crippen molar-refractivity contribution in [1.82, 2.24) is 4.90 Å². The van der Waals surface area contributed by atoms with Crippen molar-refractivity contribution in [2.45, 2.75) is 43.9 Å². The van der Waals surface area contributed by atoms with E-state index in [4.69, 9.17) is 14.2 Å². The summed E-state index contributed by atoms with van der Waals surface area (Å²) in [5.74, 6) is 0.867. The fourth-order valence-corrected chi connectivity index (χ4v) is 3.64. The second kappa shape index (κ2) is 7.41. The number of methoxy groups -OCH3 is 2.